The molecule has 0 aliphatic rings. The summed E-state index contributed by atoms with van der Waals surface area (Å²) in [5, 5.41) is 5.37. The van der Waals surface area contributed by atoms with Crippen LogP contribution in [-0.2, 0) is 20.7 Å². The van der Waals surface area contributed by atoms with Gasteiger partial charge in [0.15, 0.2) is 0 Å². The van der Waals surface area contributed by atoms with Gasteiger partial charge in [-0.3, -0.25) is 9.59 Å². The zero-order chi connectivity index (χ0) is 24.2. The molecule has 0 radical (unpaired) electrons. The Morgan fingerprint density at radius 1 is 1.03 bits per heavy atom. The highest BCUT2D eigenvalue weighted by molar-refractivity contribution is 6.01. The lowest BCUT2D eigenvalue weighted by Gasteiger charge is -2.17. The number of nitrogen functional groups attached to an aromatic ring is 1. The maximum atomic E-state index is 12.7. The second-order valence-electron chi connectivity index (χ2n) is 7.76. The Kier molecular flexibility index (Phi) is 12.7. The van der Waals surface area contributed by atoms with E-state index in [2.05, 4.69) is 10.6 Å². The second kappa shape index (κ2) is 14.9. The number of benzene rings is 2. The zero-order valence-electron chi connectivity index (χ0n) is 19.3. The molecule has 0 saturated carbocycles. The van der Waals surface area contributed by atoms with Crippen LogP contribution in [0.25, 0.3) is 0 Å². The van der Waals surface area contributed by atoms with Crippen LogP contribution < -0.4 is 27.8 Å². The molecule has 0 saturated heterocycles. The molecule has 10 heteroatoms. The lowest BCUT2D eigenvalue weighted by molar-refractivity contribution is -0.143. The summed E-state index contributed by atoms with van der Waals surface area (Å²) in [6.07, 6.45) is 2.92. The third-order valence-corrected chi connectivity index (χ3v) is 5.23. The van der Waals surface area contributed by atoms with Gasteiger partial charge in [0.05, 0.1) is 24.5 Å². The van der Waals surface area contributed by atoms with Gasteiger partial charge in [0.25, 0.3) is 5.91 Å². The van der Waals surface area contributed by atoms with Crippen molar-refractivity contribution in [3.63, 3.8) is 0 Å². The molecule has 34 heavy (non-hydrogen) atoms. The normalized spacial score (nSPS) is 12.1. The minimum Gasteiger partial charge on any atom is -0.467 e. The van der Waals surface area contributed by atoms with Crippen LogP contribution >= 0.6 is 12.4 Å². The van der Waals surface area contributed by atoms with Gasteiger partial charge in [-0.15, -0.1) is 12.4 Å². The number of aryl methyl sites for hydroxylation is 1. The lowest BCUT2D eigenvalue weighted by Crippen LogP contribution is -2.41. The molecular weight excluding hydrogens is 458 g/mol. The number of rotatable bonds is 12. The summed E-state index contributed by atoms with van der Waals surface area (Å²) in [6.45, 7) is 0.496. The van der Waals surface area contributed by atoms with Crippen LogP contribution in [0.3, 0.4) is 0 Å². The number of hydrogen-bond donors (Lipinski definition) is 5. The molecule has 2 amide bonds. The van der Waals surface area contributed by atoms with E-state index in [0.29, 0.717) is 37.9 Å². The van der Waals surface area contributed by atoms with Gasteiger partial charge < -0.3 is 32.6 Å². The van der Waals surface area contributed by atoms with Gasteiger partial charge in [0.1, 0.15) is 6.04 Å². The Labute approximate surface area is 206 Å². The maximum absolute atomic E-state index is 12.7. The number of methoxy groups -OCH3 is 1. The van der Waals surface area contributed by atoms with Gasteiger partial charge in [-0.05, 0) is 62.4 Å². The van der Waals surface area contributed by atoms with E-state index in [-0.39, 0.29) is 23.7 Å². The summed E-state index contributed by atoms with van der Waals surface area (Å²) in [6, 6.07) is 12.7. The molecule has 0 aromatic heterocycles. The number of amides is 2. The number of nitrogens with one attached hydrogen (secondary N) is 2. The predicted octanol–water partition coefficient (Wildman–Crippen LogP) is 1.99. The number of hydrogen-bond acceptors (Lipinski definition) is 7. The first-order chi connectivity index (χ1) is 15.8. The summed E-state index contributed by atoms with van der Waals surface area (Å²) in [5.41, 5.74) is 19.4. The van der Waals surface area contributed by atoms with E-state index in [4.69, 9.17) is 21.9 Å². The highest BCUT2D eigenvalue weighted by Crippen LogP contribution is 2.21. The predicted molar refractivity (Wildman–Crippen MR) is 136 cm³/mol. The van der Waals surface area contributed by atoms with Crippen molar-refractivity contribution in [1.29, 1.82) is 0 Å². The Morgan fingerprint density at radius 3 is 2.38 bits per heavy atom. The average Bonchev–Trinajstić information content (AvgIpc) is 2.83. The van der Waals surface area contributed by atoms with Crippen molar-refractivity contribution in [2.75, 3.05) is 24.7 Å². The average molecular weight is 492 g/mol. The lowest BCUT2D eigenvalue weighted by atomic mass is 10.0. The number of carbonyl (C=O) groups is 3. The monoisotopic (exact) mass is 491 g/mol. The van der Waals surface area contributed by atoms with Crippen LogP contribution in [0.15, 0.2) is 48.5 Å². The fourth-order valence-electron chi connectivity index (χ4n) is 3.25. The SMILES string of the molecule is COC(=O)[C@H](CCCCN)NC(=O)c1ccc(N)c(NC(=O)[C@@H](N)CCc2ccccc2)c1.Cl. The van der Waals surface area contributed by atoms with E-state index in [0.717, 1.165) is 12.0 Å². The van der Waals surface area contributed by atoms with E-state index in [9.17, 15) is 14.4 Å². The molecule has 0 bridgehead atoms. The fraction of sp³-hybridized carbons (Fsp3) is 0.375. The molecule has 186 valence electrons. The van der Waals surface area contributed by atoms with Crippen LogP contribution in [0.2, 0.25) is 0 Å². The third-order valence-electron chi connectivity index (χ3n) is 5.23. The third kappa shape index (κ3) is 9.01. The largest absolute Gasteiger partial charge is 0.467 e. The number of carbonyl (C=O) groups excluding carboxylic acids is 3. The van der Waals surface area contributed by atoms with Gasteiger partial charge in [-0.1, -0.05) is 30.3 Å². The van der Waals surface area contributed by atoms with Gasteiger partial charge in [-0.25, -0.2) is 4.79 Å². The van der Waals surface area contributed by atoms with Gasteiger partial charge in [0.2, 0.25) is 5.91 Å². The highest BCUT2D eigenvalue weighted by atomic mass is 35.5. The summed E-state index contributed by atoms with van der Waals surface area (Å²) < 4.78 is 4.78. The topological polar surface area (TPSA) is 163 Å². The van der Waals surface area contributed by atoms with E-state index < -0.39 is 29.9 Å². The van der Waals surface area contributed by atoms with Crippen molar-refractivity contribution in [3.05, 3.63) is 59.7 Å². The molecule has 0 aliphatic heterocycles. The quantitative estimate of drug-likeness (QED) is 0.172. The van der Waals surface area contributed by atoms with Crippen LogP contribution in [0.4, 0.5) is 11.4 Å². The van der Waals surface area contributed by atoms with Gasteiger partial charge in [0, 0.05) is 5.56 Å². The van der Waals surface area contributed by atoms with Crippen LogP contribution in [-0.4, -0.2) is 43.5 Å². The Bertz CT molecular complexity index is 942. The summed E-state index contributed by atoms with van der Waals surface area (Å²) in [4.78, 5) is 37.3. The van der Waals surface area contributed by atoms with E-state index >= 15 is 0 Å². The summed E-state index contributed by atoms with van der Waals surface area (Å²) >= 11 is 0. The van der Waals surface area contributed by atoms with Crippen LogP contribution in [0.1, 0.15) is 41.6 Å². The summed E-state index contributed by atoms with van der Waals surface area (Å²) in [5.74, 6) is -1.42. The summed E-state index contributed by atoms with van der Waals surface area (Å²) in [7, 11) is 1.27. The second-order valence-corrected chi connectivity index (χ2v) is 7.76. The molecule has 2 rings (SSSR count). The Morgan fingerprint density at radius 2 is 1.74 bits per heavy atom. The maximum Gasteiger partial charge on any atom is 0.328 e. The zero-order valence-corrected chi connectivity index (χ0v) is 20.1. The Hall–Kier alpha value is -3.14. The minimum absolute atomic E-state index is 0. The molecule has 0 heterocycles. The molecule has 0 unspecified atom stereocenters. The molecule has 2 atom stereocenters. The molecule has 8 N–H and O–H groups in total. The van der Waals surface area contributed by atoms with Crippen molar-refractivity contribution in [2.24, 2.45) is 11.5 Å². The van der Waals surface area contributed by atoms with Crippen LogP contribution in [0.5, 0.6) is 0 Å². The smallest absolute Gasteiger partial charge is 0.328 e. The van der Waals surface area contributed by atoms with E-state index in [1.807, 2.05) is 30.3 Å². The van der Waals surface area contributed by atoms with E-state index in [1.165, 1.54) is 25.3 Å². The molecule has 2 aromatic rings. The van der Waals surface area contributed by atoms with Crippen molar-refractivity contribution < 1.29 is 19.1 Å². The van der Waals surface area contributed by atoms with Crippen molar-refractivity contribution >= 4 is 41.6 Å². The molecule has 9 nitrogen and oxygen atoms in total. The number of unbranched alkanes of at least 4 members (excludes halogenated alkanes) is 1. The van der Waals surface area contributed by atoms with Crippen molar-refractivity contribution in [1.82, 2.24) is 5.32 Å². The number of esters is 1. The van der Waals surface area contributed by atoms with Gasteiger partial charge >= 0.3 is 5.97 Å². The first kappa shape index (κ1) is 28.9. The first-order valence-electron chi connectivity index (χ1n) is 10.9. The minimum atomic E-state index is -0.795. The van der Waals surface area contributed by atoms with Gasteiger partial charge in [-0.2, -0.15) is 0 Å². The fourth-order valence-corrected chi connectivity index (χ4v) is 3.25. The number of nitrogens with two attached hydrogens (primary N) is 3. The standard InChI is InChI=1S/C24H33N5O4.ClH/c1-33-24(32)20(9-5-6-14-25)28-22(30)17-11-13-18(26)21(15-17)29-23(31)19(27)12-10-16-7-3-2-4-8-16;/h2-4,7-8,11,13,15,19-20H,5-6,9-10,12,14,25-27H2,1H3,(H,28,30)(H,29,31);1H/t19-,20-;/m0./s1. The number of ether oxygens (including phenoxy) is 1. The number of anilines is 2. The first-order valence-corrected chi connectivity index (χ1v) is 10.9. The van der Waals surface area contributed by atoms with Crippen LogP contribution in [0, 0.1) is 0 Å². The number of halogens is 1. The molecular formula is C24H34ClN5O4. The molecule has 0 fully saturated rings. The van der Waals surface area contributed by atoms with Crippen molar-refractivity contribution in [3.8, 4) is 0 Å². The molecule has 0 aliphatic carbocycles. The Balaban J connectivity index is 0.00000578. The van der Waals surface area contributed by atoms with Crippen molar-refractivity contribution in [2.45, 2.75) is 44.2 Å². The highest BCUT2D eigenvalue weighted by Gasteiger charge is 2.22. The molecule has 0 spiro atoms. The molecule has 2 aromatic carbocycles. The van der Waals surface area contributed by atoms with E-state index in [1.54, 1.807) is 0 Å².